The van der Waals surface area contributed by atoms with Crippen LogP contribution in [0.4, 0.5) is 0 Å². The van der Waals surface area contributed by atoms with E-state index >= 15 is 0 Å². The molecule has 0 saturated heterocycles. The molecule has 1 saturated carbocycles. The van der Waals surface area contributed by atoms with Gasteiger partial charge in [-0.1, -0.05) is 25.7 Å². The van der Waals surface area contributed by atoms with E-state index in [2.05, 4.69) is 5.32 Å². The van der Waals surface area contributed by atoms with E-state index in [1.165, 1.54) is 38.5 Å². The van der Waals surface area contributed by atoms with Gasteiger partial charge in [-0.25, -0.2) is 0 Å². The van der Waals surface area contributed by atoms with Gasteiger partial charge in [0.2, 0.25) is 0 Å². The zero-order chi connectivity index (χ0) is 11.3. The molecule has 1 aliphatic rings. The van der Waals surface area contributed by atoms with Gasteiger partial charge in [0, 0.05) is 11.6 Å². The Balaban J connectivity index is 2.40. The minimum atomic E-state index is -0.721. The van der Waals surface area contributed by atoms with E-state index in [1.807, 2.05) is 13.8 Å². The molecule has 0 heterocycles. The van der Waals surface area contributed by atoms with Gasteiger partial charge in [-0.05, 0) is 26.7 Å². The summed E-state index contributed by atoms with van der Waals surface area (Å²) in [5.41, 5.74) is -0.277. The van der Waals surface area contributed by atoms with E-state index in [0.717, 1.165) is 0 Å². The molecule has 88 valence electrons. The Labute approximate surface area is 92.3 Å². The van der Waals surface area contributed by atoms with Crippen LogP contribution in [0.1, 0.15) is 58.8 Å². The van der Waals surface area contributed by atoms with Gasteiger partial charge in [-0.3, -0.25) is 4.79 Å². The molecule has 2 N–H and O–H groups in total. The van der Waals surface area contributed by atoms with Crippen LogP contribution in [0.5, 0.6) is 0 Å². The lowest BCUT2D eigenvalue weighted by Crippen LogP contribution is -2.47. The standard InChI is InChI=1S/C12H23NO2/c1-12(2,9-11(14)15)13-10-7-5-3-4-6-8-10/h10,13H,3-9H2,1-2H3,(H,14,15). The first-order valence-corrected chi connectivity index (χ1v) is 5.99. The highest BCUT2D eigenvalue weighted by Crippen LogP contribution is 2.20. The lowest BCUT2D eigenvalue weighted by molar-refractivity contribution is -0.138. The molecule has 1 rings (SSSR count). The van der Waals surface area contributed by atoms with Gasteiger partial charge in [-0.2, -0.15) is 0 Å². The van der Waals surface area contributed by atoms with Gasteiger partial charge in [0.1, 0.15) is 0 Å². The minimum Gasteiger partial charge on any atom is -0.481 e. The molecule has 0 spiro atoms. The summed E-state index contributed by atoms with van der Waals surface area (Å²) in [4.78, 5) is 10.7. The Kier molecular flexibility index (Phi) is 4.58. The molecule has 15 heavy (non-hydrogen) atoms. The average Bonchev–Trinajstić information content (AvgIpc) is 2.29. The molecule has 1 fully saturated rings. The van der Waals surface area contributed by atoms with Crippen LogP contribution in [-0.4, -0.2) is 22.7 Å². The smallest absolute Gasteiger partial charge is 0.305 e. The highest BCUT2D eigenvalue weighted by Gasteiger charge is 2.25. The van der Waals surface area contributed by atoms with E-state index < -0.39 is 5.97 Å². The first-order valence-electron chi connectivity index (χ1n) is 5.99. The van der Waals surface area contributed by atoms with Crippen LogP contribution >= 0.6 is 0 Å². The SMILES string of the molecule is CC(C)(CC(=O)O)NC1CCCCCC1. The van der Waals surface area contributed by atoms with Gasteiger partial charge >= 0.3 is 5.97 Å². The van der Waals surface area contributed by atoms with Crippen molar-refractivity contribution >= 4 is 5.97 Å². The summed E-state index contributed by atoms with van der Waals surface area (Å²) in [7, 11) is 0. The maximum atomic E-state index is 10.7. The molecule has 0 aliphatic heterocycles. The summed E-state index contributed by atoms with van der Waals surface area (Å²) in [6.07, 6.45) is 7.81. The highest BCUT2D eigenvalue weighted by molar-refractivity contribution is 5.68. The summed E-state index contributed by atoms with van der Waals surface area (Å²) in [6.45, 7) is 3.96. The van der Waals surface area contributed by atoms with Crippen LogP contribution in [-0.2, 0) is 4.79 Å². The molecule has 3 heteroatoms. The van der Waals surface area contributed by atoms with E-state index in [1.54, 1.807) is 0 Å². The maximum absolute atomic E-state index is 10.7. The largest absolute Gasteiger partial charge is 0.481 e. The van der Waals surface area contributed by atoms with Crippen LogP contribution in [0, 0.1) is 0 Å². The van der Waals surface area contributed by atoms with Crippen molar-refractivity contribution in [1.82, 2.24) is 5.32 Å². The normalized spacial score (nSPS) is 19.9. The second-order valence-corrected chi connectivity index (χ2v) is 5.29. The zero-order valence-electron chi connectivity index (χ0n) is 9.88. The van der Waals surface area contributed by atoms with Crippen LogP contribution in [0.15, 0.2) is 0 Å². The molecule has 0 amide bonds. The summed E-state index contributed by atoms with van der Waals surface area (Å²) in [5, 5.41) is 12.3. The molecular formula is C12H23NO2. The summed E-state index contributed by atoms with van der Waals surface area (Å²) in [5.74, 6) is -0.721. The molecule has 0 radical (unpaired) electrons. The fourth-order valence-corrected chi connectivity index (χ4v) is 2.41. The molecule has 3 nitrogen and oxygen atoms in total. The number of hydrogen-bond acceptors (Lipinski definition) is 2. The molecule has 0 aromatic rings. The molecule has 0 aromatic heterocycles. The predicted octanol–water partition coefficient (Wildman–Crippen LogP) is 2.55. The van der Waals surface area contributed by atoms with Gasteiger partial charge in [0.15, 0.2) is 0 Å². The number of rotatable bonds is 4. The van der Waals surface area contributed by atoms with E-state index in [0.29, 0.717) is 6.04 Å². The first kappa shape index (κ1) is 12.5. The van der Waals surface area contributed by atoms with Crippen LogP contribution < -0.4 is 5.32 Å². The van der Waals surface area contributed by atoms with Crippen molar-refractivity contribution in [2.45, 2.75) is 70.4 Å². The third kappa shape index (κ3) is 5.17. The van der Waals surface area contributed by atoms with Crippen molar-refractivity contribution in [3.05, 3.63) is 0 Å². The molecular weight excluding hydrogens is 190 g/mol. The van der Waals surface area contributed by atoms with Crippen molar-refractivity contribution in [3.63, 3.8) is 0 Å². The summed E-state index contributed by atoms with van der Waals surface area (Å²) in [6, 6.07) is 0.516. The van der Waals surface area contributed by atoms with Gasteiger partial charge < -0.3 is 10.4 Å². The fraction of sp³-hybridized carbons (Fsp3) is 0.917. The van der Waals surface area contributed by atoms with Crippen molar-refractivity contribution in [3.8, 4) is 0 Å². The topological polar surface area (TPSA) is 49.3 Å². The van der Waals surface area contributed by atoms with E-state index in [9.17, 15) is 4.79 Å². The Morgan fingerprint density at radius 2 is 1.80 bits per heavy atom. The van der Waals surface area contributed by atoms with Crippen molar-refractivity contribution < 1.29 is 9.90 Å². The Morgan fingerprint density at radius 1 is 1.27 bits per heavy atom. The lowest BCUT2D eigenvalue weighted by atomic mass is 9.97. The number of carboxylic acid groups (broad SMARTS) is 1. The van der Waals surface area contributed by atoms with Crippen LogP contribution in [0.2, 0.25) is 0 Å². The summed E-state index contributed by atoms with van der Waals surface area (Å²) < 4.78 is 0. The van der Waals surface area contributed by atoms with Crippen LogP contribution in [0.3, 0.4) is 0 Å². The van der Waals surface area contributed by atoms with Gasteiger partial charge in [-0.15, -0.1) is 0 Å². The molecule has 0 aromatic carbocycles. The Morgan fingerprint density at radius 3 is 2.27 bits per heavy atom. The Bertz CT molecular complexity index is 206. The molecule has 0 unspecified atom stereocenters. The predicted molar refractivity (Wildman–Crippen MR) is 61.0 cm³/mol. The molecule has 1 aliphatic carbocycles. The van der Waals surface area contributed by atoms with Gasteiger partial charge in [0.05, 0.1) is 6.42 Å². The minimum absolute atomic E-state index is 0.198. The maximum Gasteiger partial charge on any atom is 0.305 e. The van der Waals surface area contributed by atoms with Crippen molar-refractivity contribution in [2.75, 3.05) is 0 Å². The molecule has 0 atom stereocenters. The van der Waals surface area contributed by atoms with Crippen molar-refractivity contribution in [1.29, 1.82) is 0 Å². The fourth-order valence-electron chi connectivity index (χ4n) is 2.41. The van der Waals surface area contributed by atoms with Gasteiger partial charge in [0.25, 0.3) is 0 Å². The number of carbonyl (C=O) groups is 1. The number of hydrogen-bond donors (Lipinski definition) is 2. The van der Waals surface area contributed by atoms with Crippen LogP contribution in [0.25, 0.3) is 0 Å². The molecule has 0 bridgehead atoms. The van der Waals surface area contributed by atoms with Crippen molar-refractivity contribution in [2.24, 2.45) is 0 Å². The highest BCUT2D eigenvalue weighted by atomic mass is 16.4. The second-order valence-electron chi connectivity index (χ2n) is 5.29. The monoisotopic (exact) mass is 213 g/mol. The Hall–Kier alpha value is -0.570. The third-order valence-corrected chi connectivity index (χ3v) is 3.04. The van der Waals surface area contributed by atoms with E-state index in [4.69, 9.17) is 5.11 Å². The third-order valence-electron chi connectivity index (χ3n) is 3.04. The zero-order valence-corrected chi connectivity index (χ0v) is 9.88. The number of aliphatic carboxylic acids is 1. The second kappa shape index (κ2) is 5.50. The number of carboxylic acids is 1. The average molecular weight is 213 g/mol. The summed E-state index contributed by atoms with van der Waals surface area (Å²) >= 11 is 0. The first-order chi connectivity index (χ1) is 6.99. The number of nitrogens with one attached hydrogen (secondary N) is 1. The lowest BCUT2D eigenvalue weighted by Gasteiger charge is -2.30. The quantitative estimate of drug-likeness (QED) is 0.706. The van der Waals surface area contributed by atoms with E-state index in [-0.39, 0.29) is 12.0 Å².